The third-order valence-electron chi connectivity index (χ3n) is 4.53. The molecule has 0 spiro atoms. The van der Waals surface area contributed by atoms with Crippen molar-refractivity contribution in [1.82, 2.24) is 4.98 Å². The Morgan fingerprint density at radius 2 is 1.97 bits per heavy atom. The number of halogens is 1. The predicted octanol–water partition coefficient (Wildman–Crippen LogP) is 5.34. The average Bonchev–Trinajstić information content (AvgIpc) is 3.08. The third-order valence-corrected chi connectivity index (χ3v) is 5.83. The van der Waals surface area contributed by atoms with Crippen LogP contribution < -0.4 is 14.4 Å². The Balaban J connectivity index is 1.62. The minimum Gasteiger partial charge on any atom is -0.493 e. The Morgan fingerprint density at radius 3 is 2.70 bits per heavy atom. The minimum absolute atomic E-state index is 0.0849. The number of carbonyl (C=O) groups is 1. The number of rotatable bonds is 6. The molecule has 1 aromatic heterocycles. The quantitative estimate of drug-likeness (QED) is 0.201. The summed E-state index contributed by atoms with van der Waals surface area (Å²) in [4.78, 5) is 28.9. The lowest BCUT2D eigenvalue weighted by molar-refractivity contribution is -0.386. The van der Waals surface area contributed by atoms with Gasteiger partial charge in [0.05, 0.1) is 22.6 Å². The number of benzene rings is 2. The second-order valence-electron chi connectivity index (χ2n) is 6.57. The Morgan fingerprint density at radius 1 is 1.18 bits per heavy atom. The number of anilines is 1. The molecule has 0 bridgehead atoms. The van der Waals surface area contributed by atoms with Gasteiger partial charge in [0.2, 0.25) is 0 Å². The smallest absolute Gasteiger partial charge is 0.331 e. The fourth-order valence-electron chi connectivity index (χ4n) is 3.02. The normalized spacial score (nSPS) is 14.6. The molecule has 1 fully saturated rings. The molecule has 2 heterocycles. The number of carbonyl (C=O) groups excluding carboxylic acids is 1. The summed E-state index contributed by atoms with van der Waals surface area (Å²) in [6.07, 6.45) is 2.97. The fraction of sp³-hybridized carbons (Fsp3) is 0.0455. The van der Waals surface area contributed by atoms with Gasteiger partial charge in [0, 0.05) is 12.3 Å². The van der Waals surface area contributed by atoms with E-state index in [0.29, 0.717) is 10.5 Å². The van der Waals surface area contributed by atoms with Crippen molar-refractivity contribution in [1.29, 1.82) is 0 Å². The highest BCUT2D eigenvalue weighted by molar-refractivity contribution is 8.27. The molecule has 2 aromatic carbocycles. The van der Waals surface area contributed by atoms with E-state index in [2.05, 4.69) is 4.98 Å². The van der Waals surface area contributed by atoms with Crippen molar-refractivity contribution in [2.75, 3.05) is 12.0 Å². The van der Waals surface area contributed by atoms with E-state index >= 15 is 0 Å². The van der Waals surface area contributed by atoms with Gasteiger partial charge in [-0.1, -0.05) is 42.2 Å². The number of nitrogens with zero attached hydrogens (tertiary/aromatic N) is 3. The van der Waals surface area contributed by atoms with Gasteiger partial charge in [0.25, 0.3) is 11.8 Å². The number of ether oxygens (including phenoxy) is 2. The molecule has 1 amide bonds. The van der Waals surface area contributed by atoms with Gasteiger partial charge >= 0.3 is 5.69 Å². The van der Waals surface area contributed by atoms with Crippen LogP contribution in [0.5, 0.6) is 17.4 Å². The zero-order chi connectivity index (χ0) is 23.5. The van der Waals surface area contributed by atoms with Crippen LogP contribution in [0.4, 0.5) is 15.8 Å². The first kappa shape index (κ1) is 22.4. The Labute approximate surface area is 196 Å². The molecule has 4 rings (SSSR count). The summed E-state index contributed by atoms with van der Waals surface area (Å²) in [6.45, 7) is 0. The molecule has 1 saturated heterocycles. The van der Waals surface area contributed by atoms with Crippen molar-refractivity contribution in [3.05, 3.63) is 87.2 Å². The van der Waals surface area contributed by atoms with Crippen LogP contribution in [0.3, 0.4) is 0 Å². The number of thiocarbonyl (C=S) groups is 1. The Hall–Kier alpha value is -3.83. The first-order valence-corrected chi connectivity index (χ1v) is 10.6. The molecule has 0 unspecified atom stereocenters. The lowest BCUT2D eigenvalue weighted by Crippen LogP contribution is -2.28. The van der Waals surface area contributed by atoms with E-state index in [-0.39, 0.29) is 33.1 Å². The van der Waals surface area contributed by atoms with Crippen LogP contribution in [-0.2, 0) is 4.79 Å². The minimum atomic E-state index is -0.596. The topological polar surface area (TPSA) is 94.8 Å². The number of para-hydroxylation sites is 1. The summed E-state index contributed by atoms with van der Waals surface area (Å²) in [6, 6.07) is 13.4. The van der Waals surface area contributed by atoms with Gasteiger partial charge in [-0.15, -0.1) is 0 Å². The van der Waals surface area contributed by atoms with Crippen LogP contribution in [0, 0.1) is 15.9 Å². The highest BCUT2D eigenvalue weighted by Crippen LogP contribution is 2.39. The van der Waals surface area contributed by atoms with Crippen LogP contribution in [0.25, 0.3) is 6.08 Å². The van der Waals surface area contributed by atoms with Crippen LogP contribution in [0.15, 0.2) is 65.7 Å². The maximum absolute atomic E-state index is 14.2. The van der Waals surface area contributed by atoms with Gasteiger partial charge in [0.15, 0.2) is 15.8 Å². The first-order chi connectivity index (χ1) is 15.9. The number of hydrogen-bond donors (Lipinski definition) is 0. The van der Waals surface area contributed by atoms with E-state index in [9.17, 15) is 19.3 Å². The van der Waals surface area contributed by atoms with Gasteiger partial charge < -0.3 is 9.47 Å². The molecule has 0 saturated carbocycles. The van der Waals surface area contributed by atoms with Gasteiger partial charge in [-0.2, -0.15) is 0 Å². The molecule has 3 aromatic rings. The summed E-state index contributed by atoms with van der Waals surface area (Å²) in [5.41, 5.74) is 0.380. The van der Waals surface area contributed by atoms with E-state index in [1.165, 1.54) is 43.6 Å². The van der Waals surface area contributed by atoms with E-state index in [0.717, 1.165) is 16.7 Å². The van der Waals surface area contributed by atoms with E-state index in [1.54, 1.807) is 30.3 Å². The largest absolute Gasteiger partial charge is 0.493 e. The molecule has 166 valence electrons. The highest BCUT2D eigenvalue weighted by atomic mass is 32.2. The maximum atomic E-state index is 14.2. The number of aromatic nitrogens is 1. The zero-order valence-electron chi connectivity index (χ0n) is 16.9. The Kier molecular flexibility index (Phi) is 6.33. The number of thioether (sulfide) groups is 1. The molecule has 0 N–H and O–H groups in total. The summed E-state index contributed by atoms with van der Waals surface area (Å²) >= 11 is 6.33. The molecule has 0 atom stereocenters. The lowest BCUT2D eigenvalue weighted by atomic mass is 10.1. The van der Waals surface area contributed by atoms with Crippen LogP contribution in [0.1, 0.15) is 5.56 Å². The van der Waals surface area contributed by atoms with Crippen molar-refractivity contribution in [3.63, 3.8) is 0 Å². The monoisotopic (exact) mass is 483 g/mol. The fourth-order valence-corrected chi connectivity index (χ4v) is 4.31. The maximum Gasteiger partial charge on any atom is 0.331 e. The highest BCUT2D eigenvalue weighted by Gasteiger charge is 2.34. The number of pyridine rings is 1. The van der Waals surface area contributed by atoms with Gasteiger partial charge in [0.1, 0.15) is 5.82 Å². The average molecular weight is 484 g/mol. The summed E-state index contributed by atoms with van der Waals surface area (Å²) in [7, 11) is 1.41. The zero-order valence-corrected chi connectivity index (χ0v) is 18.6. The van der Waals surface area contributed by atoms with Gasteiger partial charge in [-0.25, -0.2) is 9.37 Å². The molecule has 0 aliphatic carbocycles. The number of amides is 1. The Bertz CT molecular complexity index is 1310. The van der Waals surface area contributed by atoms with E-state index < -0.39 is 16.6 Å². The third kappa shape index (κ3) is 4.54. The second kappa shape index (κ2) is 9.35. The van der Waals surface area contributed by atoms with Gasteiger partial charge in [-0.3, -0.25) is 19.8 Å². The van der Waals surface area contributed by atoms with Crippen LogP contribution in [-0.4, -0.2) is 27.2 Å². The molecule has 0 radical (unpaired) electrons. The van der Waals surface area contributed by atoms with Crippen LogP contribution in [0.2, 0.25) is 0 Å². The SMILES string of the molecule is COc1cc(/C=C2/SC(=S)N(c3ccccc3F)C2=O)ccc1Oc1ncccc1[N+](=O)[O-]. The predicted molar refractivity (Wildman–Crippen MR) is 126 cm³/mol. The number of hydrogen-bond acceptors (Lipinski definition) is 8. The molecule has 8 nitrogen and oxygen atoms in total. The van der Waals surface area contributed by atoms with Crippen molar-refractivity contribution in [2.45, 2.75) is 0 Å². The summed E-state index contributed by atoms with van der Waals surface area (Å²) in [5.74, 6) is -0.705. The summed E-state index contributed by atoms with van der Waals surface area (Å²) < 4.78 is 25.3. The van der Waals surface area contributed by atoms with Crippen LogP contribution >= 0.6 is 24.0 Å². The van der Waals surface area contributed by atoms with Gasteiger partial charge in [-0.05, 0) is 42.0 Å². The molecule has 11 heteroatoms. The molecular formula is C22H14FN3O5S2. The molecule has 1 aliphatic heterocycles. The lowest BCUT2D eigenvalue weighted by Gasteiger charge is -2.14. The number of nitro groups is 1. The molecular weight excluding hydrogens is 469 g/mol. The standard InChI is InChI=1S/C22H14FN3O5S2/c1-30-18-11-13(8-9-17(18)31-20-16(26(28)29)7-4-10-24-20)12-19-21(27)25(22(32)33-19)15-6-3-2-5-14(15)23/h2-12H,1H3/b19-12+. The van der Waals surface area contributed by atoms with E-state index in [1.807, 2.05) is 0 Å². The van der Waals surface area contributed by atoms with Crippen molar-refractivity contribution >= 4 is 51.7 Å². The van der Waals surface area contributed by atoms with Crippen molar-refractivity contribution in [2.24, 2.45) is 0 Å². The van der Waals surface area contributed by atoms with Crippen molar-refractivity contribution in [3.8, 4) is 17.4 Å². The second-order valence-corrected chi connectivity index (χ2v) is 8.24. The summed E-state index contributed by atoms with van der Waals surface area (Å²) in [5, 5.41) is 11.2. The molecule has 1 aliphatic rings. The van der Waals surface area contributed by atoms with E-state index in [4.69, 9.17) is 21.7 Å². The van der Waals surface area contributed by atoms with Crippen molar-refractivity contribution < 1.29 is 23.6 Å². The molecule has 33 heavy (non-hydrogen) atoms. The number of methoxy groups -OCH3 is 1. The first-order valence-electron chi connectivity index (χ1n) is 9.37.